The lowest BCUT2D eigenvalue weighted by molar-refractivity contribution is -0.115. The van der Waals surface area contributed by atoms with Crippen molar-refractivity contribution in [2.24, 2.45) is 0 Å². The number of nitrogens with one attached hydrogen (secondary N) is 1. The molecule has 6 heteroatoms. The van der Waals surface area contributed by atoms with E-state index in [1.165, 1.54) is 18.9 Å². The van der Waals surface area contributed by atoms with E-state index in [2.05, 4.69) is 10.4 Å². The second-order valence-electron chi connectivity index (χ2n) is 7.36. The van der Waals surface area contributed by atoms with Crippen molar-refractivity contribution in [3.63, 3.8) is 0 Å². The van der Waals surface area contributed by atoms with Gasteiger partial charge in [0.25, 0.3) is 0 Å². The lowest BCUT2D eigenvalue weighted by Gasteiger charge is -2.32. The number of nitrogens with zero attached hydrogens (tertiary/aromatic N) is 3. The van der Waals surface area contributed by atoms with Crippen LogP contribution in [0.25, 0.3) is 0 Å². The minimum absolute atomic E-state index is 0.0822. The van der Waals surface area contributed by atoms with Gasteiger partial charge in [0.05, 0.1) is 18.8 Å². The zero-order valence-electron chi connectivity index (χ0n) is 15.2. The van der Waals surface area contributed by atoms with Crippen molar-refractivity contribution < 1.29 is 9.18 Å². The SMILES string of the molecule is Cc1ccc(F)c2c1N(CC(=O)Nc1ccnn1C1CCCC1)CCC2. The molecule has 5 nitrogen and oxygen atoms in total. The minimum atomic E-state index is -0.171. The predicted molar refractivity (Wildman–Crippen MR) is 100 cm³/mol. The fourth-order valence-electron chi connectivity index (χ4n) is 4.33. The highest BCUT2D eigenvalue weighted by Crippen LogP contribution is 2.33. The van der Waals surface area contributed by atoms with E-state index in [1.807, 2.05) is 22.6 Å². The smallest absolute Gasteiger partial charge is 0.245 e. The fraction of sp³-hybridized carbons (Fsp3) is 0.500. The Kier molecular flexibility index (Phi) is 4.66. The molecule has 2 aromatic rings. The first-order valence-electron chi connectivity index (χ1n) is 9.50. The van der Waals surface area contributed by atoms with Crippen LogP contribution in [0.4, 0.5) is 15.9 Å². The molecule has 2 heterocycles. The van der Waals surface area contributed by atoms with Crippen molar-refractivity contribution in [3.05, 3.63) is 41.3 Å². The van der Waals surface area contributed by atoms with Gasteiger partial charge in [-0.1, -0.05) is 18.9 Å². The molecule has 0 bridgehead atoms. The summed E-state index contributed by atoms with van der Waals surface area (Å²) in [6.07, 6.45) is 7.99. The normalized spacial score (nSPS) is 17.4. The molecule has 1 aromatic carbocycles. The van der Waals surface area contributed by atoms with Crippen LogP contribution in [0.5, 0.6) is 0 Å². The lowest BCUT2D eigenvalue weighted by Crippen LogP contribution is -2.38. The van der Waals surface area contributed by atoms with Gasteiger partial charge in [0.15, 0.2) is 0 Å². The van der Waals surface area contributed by atoms with E-state index in [0.29, 0.717) is 6.04 Å². The van der Waals surface area contributed by atoms with Crippen LogP contribution in [0.3, 0.4) is 0 Å². The van der Waals surface area contributed by atoms with Gasteiger partial charge in [-0.15, -0.1) is 0 Å². The van der Waals surface area contributed by atoms with Gasteiger partial charge < -0.3 is 10.2 Å². The molecule has 0 spiro atoms. The number of benzene rings is 1. The second kappa shape index (κ2) is 7.09. The van der Waals surface area contributed by atoms with Crippen LogP contribution in [-0.2, 0) is 11.2 Å². The second-order valence-corrected chi connectivity index (χ2v) is 7.36. The number of carbonyl (C=O) groups is 1. The third-order valence-electron chi connectivity index (χ3n) is 5.54. The number of hydrogen-bond acceptors (Lipinski definition) is 3. The number of hydrogen-bond donors (Lipinski definition) is 1. The van der Waals surface area contributed by atoms with E-state index >= 15 is 0 Å². The largest absolute Gasteiger partial charge is 0.362 e. The first kappa shape index (κ1) is 17.1. The highest BCUT2D eigenvalue weighted by Gasteiger charge is 2.25. The number of carbonyl (C=O) groups excluding carboxylic acids is 1. The van der Waals surface area contributed by atoms with Gasteiger partial charge in [0.1, 0.15) is 11.6 Å². The third-order valence-corrected chi connectivity index (χ3v) is 5.54. The van der Waals surface area contributed by atoms with Crippen LogP contribution < -0.4 is 10.2 Å². The molecule has 0 radical (unpaired) electrons. The van der Waals surface area contributed by atoms with Gasteiger partial charge in [-0.3, -0.25) is 4.79 Å². The standard InChI is InChI=1S/C20H25FN4O/c1-14-8-9-17(21)16-7-4-12-24(20(14)16)13-19(26)23-18-10-11-22-25(18)15-5-2-3-6-15/h8-11,15H,2-7,12-13H2,1H3,(H,23,26). The number of amides is 1. The van der Waals surface area contributed by atoms with Crippen LogP contribution in [0, 0.1) is 12.7 Å². The Balaban J connectivity index is 1.49. The number of aromatic nitrogens is 2. The molecular formula is C20H25FN4O. The first-order valence-corrected chi connectivity index (χ1v) is 9.50. The summed E-state index contributed by atoms with van der Waals surface area (Å²) in [6.45, 7) is 2.98. The Labute approximate surface area is 153 Å². The summed E-state index contributed by atoms with van der Waals surface area (Å²) < 4.78 is 16.1. The summed E-state index contributed by atoms with van der Waals surface area (Å²) in [6, 6.07) is 5.55. The number of aryl methyl sites for hydroxylation is 1. The first-order chi connectivity index (χ1) is 12.6. The molecule has 0 atom stereocenters. The van der Waals surface area contributed by atoms with E-state index < -0.39 is 0 Å². The van der Waals surface area contributed by atoms with E-state index in [9.17, 15) is 9.18 Å². The van der Waals surface area contributed by atoms with Crippen molar-refractivity contribution in [1.82, 2.24) is 9.78 Å². The highest BCUT2D eigenvalue weighted by molar-refractivity contribution is 5.93. The van der Waals surface area contributed by atoms with Gasteiger partial charge in [0, 0.05) is 23.9 Å². The maximum absolute atomic E-state index is 14.2. The molecule has 1 aromatic heterocycles. The van der Waals surface area contributed by atoms with E-state index in [4.69, 9.17) is 0 Å². The van der Waals surface area contributed by atoms with Gasteiger partial charge >= 0.3 is 0 Å². The average Bonchev–Trinajstić information content (AvgIpc) is 3.29. The monoisotopic (exact) mass is 356 g/mol. The zero-order valence-corrected chi connectivity index (χ0v) is 15.2. The van der Waals surface area contributed by atoms with Crippen LogP contribution in [0.15, 0.2) is 24.4 Å². The highest BCUT2D eigenvalue weighted by atomic mass is 19.1. The molecule has 2 aliphatic rings. The molecule has 26 heavy (non-hydrogen) atoms. The van der Waals surface area contributed by atoms with E-state index in [-0.39, 0.29) is 18.3 Å². The van der Waals surface area contributed by atoms with Crippen molar-refractivity contribution in [2.45, 2.75) is 51.5 Å². The Bertz CT molecular complexity index is 810. The molecular weight excluding hydrogens is 331 g/mol. The lowest BCUT2D eigenvalue weighted by atomic mass is 9.97. The van der Waals surface area contributed by atoms with Crippen molar-refractivity contribution >= 4 is 17.4 Å². The number of fused-ring (bicyclic) bond motifs is 1. The van der Waals surface area contributed by atoms with Crippen molar-refractivity contribution in [1.29, 1.82) is 0 Å². The Morgan fingerprint density at radius 3 is 2.88 bits per heavy atom. The van der Waals surface area contributed by atoms with Gasteiger partial charge in [-0.25, -0.2) is 9.07 Å². The summed E-state index contributed by atoms with van der Waals surface area (Å²) in [7, 11) is 0. The van der Waals surface area contributed by atoms with Crippen molar-refractivity contribution in [2.75, 3.05) is 23.3 Å². The summed E-state index contributed by atoms with van der Waals surface area (Å²) >= 11 is 0. The van der Waals surface area contributed by atoms with Gasteiger partial charge in [-0.05, 0) is 44.2 Å². The molecule has 1 aliphatic heterocycles. The van der Waals surface area contributed by atoms with Gasteiger partial charge in [-0.2, -0.15) is 5.10 Å². The third kappa shape index (κ3) is 3.20. The maximum atomic E-state index is 14.2. The molecule has 1 aliphatic carbocycles. The molecule has 1 amide bonds. The predicted octanol–water partition coefficient (Wildman–Crippen LogP) is 3.84. The number of rotatable bonds is 4. The Morgan fingerprint density at radius 2 is 2.08 bits per heavy atom. The van der Waals surface area contributed by atoms with Crippen LogP contribution >= 0.6 is 0 Å². The van der Waals surface area contributed by atoms with Crippen LogP contribution in [0.1, 0.15) is 49.3 Å². The fourth-order valence-corrected chi connectivity index (χ4v) is 4.33. The summed E-state index contributed by atoms with van der Waals surface area (Å²) in [5.41, 5.74) is 2.64. The maximum Gasteiger partial charge on any atom is 0.245 e. The molecule has 0 saturated heterocycles. The van der Waals surface area contributed by atoms with Crippen LogP contribution in [-0.4, -0.2) is 28.8 Å². The topological polar surface area (TPSA) is 50.2 Å². The summed E-state index contributed by atoms with van der Waals surface area (Å²) in [4.78, 5) is 14.7. The molecule has 138 valence electrons. The van der Waals surface area contributed by atoms with E-state index in [0.717, 1.165) is 54.9 Å². The number of anilines is 2. The van der Waals surface area contributed by atoms with Crippen LogP contribution in [0.2, 0.25) is 0 Å². The molecule has 0 unspecified atom stereocenters. The van der Waals surface area contributed by atoms with Crippen molar-refractivity contribution in [3.8, 4) is 0 Å². The minimum Gasteiger partial charge on any atom is -0.362 e. The Morgan fingerprint density at radius 1 is 1.27 bits per heavy atom. The zero-order chi connectivity index (χ0) is 18.1. The molecule has 1 saturated carbocycles. The quantitative estimate of drug-likeness (QED) is 0.906. The summed E-state index contributed by atoms with van der Waals surface area (Å²) in [5, 5.41) is 7.40. The van der Waals surface area contributed by atoms with E-state index in [1.54, 1.807) is 12.3 Å². The summed E-state index contributed by atoms with van der Waals surface area (Å²) in [5.74, 6) is 0.506. The average molecular weight is 356 g/mol. The molecule has 1 N–H and O–H groups in total. The van der Waals surface area contributed by atoms with Gasteiger partial charge in [0.2, 0.25) is 5.91 Å². The molecule has 1 fully saturated rings. The number of halogens is 1. The Hall–Kier alpha value is -2.37. The molecule has 4 rings (SSSR count).